The number of esters is 2. The molecule has 1 unspecified atom stereocenters. The Morgan fingerprint density at radius 1 is 1.06 bits per heavy atom. The molecule has 0 bridgehead atoms. The lowest BCUT2D eigenvalue weighted by molar-refractivity contribution is -0.151. The zero-order valence-electron chi connectivity index (χ0n) is 19.4. The predicted octanol–water partition coefficient (Wildman–Crippen LogP) is 1.83. The van der Waals surface area contributed by atoms with Crippen molar-refractivity contribution in [3.63, 3.8) is 0 Å². The summed E-state index contributed by atoms with van der Waals surface area (Å²) in [6.45, 7) is 7.23. The minimum Gasteiger partial charge on any atom is -0.480 e. The summed E-state index contributed by atoms with van der Waals surface area (Å²) in [5, 5.41) is 12.3. The van der Waals surface area contributed by atoms with Crippen molar-refractivity contribution in [1.29, 1.82) is 0 Å². The number of ether oxygens (including phenoxy) is 2. The quantitative estimate of drug-likeness (QED) is 0.434. The third kappa shape index (κ3) is 6.60. The van der Waals surface area contributed by atoms with Gasteiger partial charge in [-0.1, -0.05) is 12.8 Å². The average molecular weight is 473 g/mol. The minimum absolute atomic E-state index is 0.0687. The number of aliphatic carboxylic acids is 1. The average Bonchev–Trinajstić information content (AvgIpc) is 3.15. The van der Waals surface area contributed by atoms with E-state index in [4.69, 9.17) is 9.47 Å². The number of thioether (sulfide) groups is 1. The van der Waals surface area contributed by atoms with Gasteiger partial charge >= 0.3 is 17.9 Å². The van der Waals surface area contributed by atoms with Crippen molar-refractivity contribution >= 4 is 35.6 Å². The molecule has 2 fully saturated rings. The predicted molar refractivity (Wildman–Crippen MR) is 120 cm³/mol. The summed E-state index contributed by atoms with van der Waals surface area (Å²) in [7, 11) is 0. The summed E-state index contributed by atoms with van der Waals surface area (Å²) in [6.07, 6.45) is 4.26. The highest BCUT2D eigenvalue weighted by molar-refractivity contribution is 8.00. The smallest absolute Gasteiger partial charge is 0.326 e. The maximum Gasteiger partial charge on any atom is 0.326 e. The highest BCUT2D eigenvalue weighted by atomic mass is 32.2. The molecule has 6 atom stereocenters. The van der Waals surface area contributed by atoms with E-state index in [0.29, 0.717) is 6.42 Å². The molecule has 2 rings (SSSR count). The largest absolute Gasteiger partial charge is 0.480 e. The normalized spacial score (nSPS) is 25.4. The number of hydrogen-bond acceptors (Lipinski definition) is 8. The number of hydrogen-bond donors (Lipinski definition) is 2. The van der Waals surface area contributed by atoms with Gasteiger partial charge < -0.3 is 19.5 Å². The molecule has 1 aliphatic carbocycles. The fourth-order valence-corrected chi connectivity index (χ4v) is 5.51. The van der Waals surface area contributed by atoms with E-state index >= 15 is 0 Å². The Balaban J connectivity index is 2.08. The first-order chi connectivity index (χ1) is 15.2. The van der Waals surface area contributed by atoms with Crippen LogP contribution in [0.4, 0.5) is 0 Å². The van der Waals surface area contributed by atoms with Gasteiger partial charge in [0.2, 0.25) is 5.91 Å². The molecule has 32 heavy (non-hydrogen) atoms. The van der Waals surface area contributed by atoms with Crippen LogP contribution in [-0.4, -0.2) is 82.2 Å². The number of nitrogens with zero attached hydrogens (tertiary/aromatic N) is 1. The van der Waals surface area contributed by atoms with E-state index in [1.165, 1.54) is 16.7 Å². The molecule has 9 nitrogen and oxygen atoms in total. The summed E-state index contributed by atoms with van der Waals surface area (Å²) >= 11 is 1.24. The Morgan fingerprint density at radius 3 is 2.31 bits per heavy atom. The van der Waals surface area contributed by atoms with Crippen LogP contribution in [-0.2, 0) is 28.7 Å². The third-order valence-corrected chi connectivity index (χ3v) is 7.37. The third-order valence-electron chi connectivity index (χ3n) is 6.15. The number of carboxylic acids is 1. The van der Waals surface area contributed by atoms with E-state index < -0.39 is 35.3 Å². The van der Waals surface area contributed by atoms with Crippen LogP contribution in [0.1, 0.15) is 59.8 Å². The lowest BCUT2D eigenvalue weighted by atomic mass is 9.84. The molecule has 1 aliphatic heterocycles. The minimum atomic E-state index is -0.985. The molecule has 0 aromatic rings. The highest BCUT2D eigenvalue weighted by Gasteiger charge is 2.48. The van der Waals surface area contributed by atoms with Crippen LogP contribution in [0, 0.1) is 5.92 Å². The highest BCUT2D eigenvalue weighted by Crippen LogP contribution is 2.40. The number of carbonyl (C=O) groups is 4. The van der Waals surface area contributed by atoms with Gasteiger partial charge in [-0.2, -0.15) is 0 Å². The van der Waals surface area contributed by atoms with Crippen molar-refractivity contribution in [2.45, 2.75) is 89.2 Å². The van der Waals surface area contributed by atoms with Gasteiger partial charge in [-0.05, 0) is 52.9 Å². The van der Waals surface area contributed by atoms with Crippen molar-refractivity contribution in [1.82, 2.24) is 10.2 Å². The summed E-state index contributed by atoms with van der Waals surface area (Å²) in [5.74, 6) is -1.75. The van der Waals surface area contributed by atoms with Gasteiger partial charge in [0.15, 0.2) is 0 Å². The topological polar surface area (TPSA) is 122 Å². The fraction of sp³-hybridized carbons (Fsp3) is 0.818. The van der Waals surface area contributed by atoms with Gasteiger partial charge in [0.05, 0.1) is 24.5 Å². The van der Waals surface area contributed by atoms with Gasteiger partial charge in [-0.25, -0.2) is 4.79 Å². The van der Waals surface area contributed by atoms with Gasteiger partial charge in [-0.3, -0.25) is 19.7 Å². The van der Waals surface area contributed by atoms with Crippen molar-refractivity contribution in [3.8, 4) is 0 Å². The van der Waals surface area contributed by atoms with E-state index in [1.54, 1.807) is 27.7 Å². The van der Waals surface area contributed by atoms with Crippen molar-refractivity contribution in [2.24, 2.45) is 5.92 Å². The van der Waals surface area contributed by atoms with E-state index in [1.807, 2.05) is 0 Å². The number of amides is 1. The van der Waals surface area contributed by atoms with Crippen molar-refractivity contribution < 1.29 is 33.8 Å². The Kier molecular flexibility index (Phi) is 10.3. The first-order valence-corrected chi connectivity index (χ1v) is 12.5. The van der Waals surface area contributed by atoms with Gasteiger partial charge in [0.1, 0.15) is 12.1 Å². The summed E-state index contributed by atoms with van der Waals surface area (Å²) in [4.78, 5) is 51.1. The number of fused-ring (bicyclic) bond motifs is 1. The molecule has 1 saturated carbocycles. The van der Waals surface area contributed by atoms with Gasteiger partial charge in [-0.15, -0.1) is 11.8 Å². The molecule has 0 spiro atoms. The summed E-state index contributed by atoms with van der Waals surface area (Å²) in [5.41, 5.74) is 0. The standard InChI is InChI=1S/C22H36N2O7S/c1-5-30-21(28)14(4)32-12-16(22(29)31-6-2)23-13(3)19(25)24-17-10-8-7-9-15(17)11-18(24)20(26)27/h13-18,23H,5-12H2,1-4H3,(H,26,27)/t13-,14?,15-,16-,17-,18-/m0/s1. The second kappa shape index (κ2) is 12.4. The summed E-state index contributed by atoms with van der Waals surface area (Å²) < 4.78 is 10.1. The molecule has 2 N–H and O–H groups in total. The van der Waals surface area contributed by atoms with E-state index in [9.17, 15) is 24.3 Å². The van der Waals surface area contributed by atoms with Crippen LogP contribution in [0.15, 0.2) is 0 Å². The van der Waals surface area contributed by atoms with Crippen LogP contribution < -0.4 is 5.32 Å². The van der Waals surface area contributed by atoms with Crippen LogP contribution in [0.2, 0.25) is 0 Å². The van der Waals surface area contributed by atoms with Crippen LogP contribution in [0.25, 0.3) is 0 Å². The maximum atomic E-state index is 13.3. The first-order valence-electron chi connectivity index (χ1n) is 11.5. The SMILES string of the molecule is CCOC(=O)C(C)SC[C@H](N[C@@H](C)C(=O)N1[C@H](C(=O)O)C[C@@H]2CCCC[C@@H]21)C(=O)OCC. The lowest BCUT2D eigenvalue weighted by Gasteiger charge is -2.35. The van der Waals surface area contributed by atoms with Gasteiger partial charge in [0.25, 0.3) is 0 Å². The number of nitrogens with one attached hydrogen (secondary N) is 1. The molecule has 0 radical (unpaired) electrons. The van der Waals surface area contributed by atoms with Crippen molar-refractivity contribution in [2.75, 3.05) is 19.0 Å². The Hall–Kier alpha value is -1.81. The number of likely N-dealkylation sites (tertiary alicyclic amines) is 1. The van der Waals surface area contributed by atoms with Crippen LogP contribution in [0.3, 0.4) is 0 Å². The molecular formula is C22H36N2O7S. The molecule has 1 amide bonds. The van der Waals surface area contributed by atoms with Gasteiger partial charge in [0, 0.05) is 11.8 Å². The van der Waals surface area contributed by atoms with Crippen LogP contribution >= 0.6 is 11.8 Å². The second-order valence-electron chi connectivity index (χ2n) is 8.37. The number of rotatable bonds is 11. The fourth-order valence-electron chi connectivity index (χ4n) is 4.59. The zero-order valence-corrected chi connectivity index (χ0v) is 20.2. The molecule has 0 aromatic heterocycles. The Bertz CT molecular complexity index is 689. The molecular weight excluding hydrogens is 436 g/mol. The molecule has 1 heterocycles. The van der Waals surface area contributed by atoms with E-state index in [2.05, 4.69) is 5.32 Å². The molecule has 1 saturated heterocycles. The monoisotopic (exact) mass is 472 g/mol. The van der Waals surface area contributed by atoms with Crippen molar-refractivity contribution in [3.05, 3.63) is 0 Å². The lowest BCUT2D eigenvalue weighted by Crippen LogP contribution is -2.56. The van der Waals surface area contributed by atoms with E-state index in [0.717, 1.165) is 25.7 Å². The zero-order chi connectivity index (χ0) is 23.8. The number of carbonyl (C=O) groups excluding carboxylic acids is 3. The molecule has 2 aliphatic rings. The Morgan fingerprint density at radius 2 is 1.69 bits per heavy atom. The van der Waals surface area contributed by atoms with Crippen LogP contribution in [0.5, 0.6) is 0 Å². The maximum absolute atomic E-state index is 13.3. The first kappa shape index (κ1) is 26.4. The summed E-state index contributed by atoms with van der Waals surface area (Å²) in [6, 6.07) is -2.49. The van der Waals surface area contributed by atoms with E-state index in [-0.39, 0.29) is 42.8 Å². The molecule has 10 heteroatoms. The Labute approximate surface area is 193 Å². The number of carboxylic acid groups (broad SMARTS) is 1. The molecule has 182 valence electrons. The molecule has 0 aromatic carbocycles. The second-order valence-corrected chi connectivity index (χ2v) is 9.74.